The van der Waals surface area contributed by atoms with Crippen LogP contribution < -0.4 is 10.2 Å². The zero-order chi connectivity index (χ0) is 24.2. The van der Waals surface area contributed by atoms with Gasteiger partial charge in [-0.1, -0.05) is 83.9 Å². The number of nitrogens with zero attached hydrogens (tertiary/aromatic N) is 2. The van der Waals surface area contributed by atoms with E-state index in [-0.39, 0.29) is 22.5 Å². The Labute approximate surface area is 204 Å². The minimum absolute atomic E-state index is 0.00467. The summed E-state index contributed by atoms with van der Waals surface area (Å²) in [5.41, 5.74) is 1.64. The molecule has 0 saturated heterocycles. The minimum atomic E-state index is -1.46. The van der Waals surface area contributed by atoms with Crippen LogP contribution in [0.5, 0.6) is 0 Å². The summed E-state index contributed by atoms with van der Waals surface area (Å²) in [5, 5.41) is 32.9. The Kier molecular flexibility index (Phi) is 6.72. The lowest BCUT2D eigenvalue weighted by Crippen LogP contribution is -2.22. The molecule has 168 valence electrons. The molecule has 0 aromatic heterocycles. The normalized spacial score (nSPS) is 11.0. The number of rotatable bonds is 6. The van der Waals surface area contributed by atoms with Crippen LogP contribution in [0.4, 0.5) is 11.4 Å². The van der Waals surface area contributed by atoms with E-state index in [1.807, 2.05) is 0 Å². The van der Waals surface area contributed by atoms with Gasteiger partial charge in [-0.05, 0) is 35.4 Å². The molecule has 0 aliphatic carbocycles. The monoisotopic (exact) mass is 488 g/mol. The zero-order valence-electron chi connectivity index (χ0n) is 17.4. The molecular weight excluding hydrogens is 475 g/mol. The van der Waals surface area contributed by atoms with Crippen molar-refractivity contribution in [1.29, 1.82) is 0 Å². The first-order chi connectivity index (χ1) is 16.3. The van der Waals surface area contributed by atoms with Crippen LogP contribution in [0, 0.1) is 0 Å². The Morgan fingerprint density at radius 3 is 1.32 bits per heavy atom. The highest BCUT2D eigenvalue weighted by Gasteiger charge is 2.15. The molecule has 0 aliphatic rings. The Bertz CT molecular complexity index is 1340. The second kappa shape index (κ2) is 9.87. The van der Waals surface area contributed by atoms with Crippen LogP contribution in [0.25, 0.3) is 22.3 Å². The van der Waals surface area contributed by atoms with Crippen LogP contribution in [0.1, 0.15) is 20.7 Å². The predicted molar refractivity (Wildman–Crippen MR) is 127 cm³/mol. The van der Waals surface area contributed by atoms with E-state index in [1.54, 1.807) is 72.8 Å². The van der Waals surface area contributed by atoms with E-state index >= 15 is 0 Å². The Hall–Kier alpha value is -4.00. The van der Waals surface area contributed by atoms with Gasteiger partial charge in [0.05, 0.1) is 11.9 Å². The van der Waals surface area contributed by atoms with Crippen LogP contribution in [-0.4, -0.2) is 11.9 Å². The Morgan fingerprint density at radius 1 is 0.588 bits per heavy atom. The van der Waals surface area contributed by atoms with Crippen molar-refractivity contribution in [3.05, 3.63) is 106 Å². The van der Waals surface area contributed by atoms with Gasteiger partial charge in [0.25, 0.3) is 0 Å². The SMILES string of the molecule is O=C([O-])c1cccc(-c2cccc(Cl)c2)c1N=Nc1c(C(=O)[O-])cccc1-c1cccc(Cl)c1. The number of carbonyl (C=O) groups is 2. The van der Waals surface area contributed by atoms with Crippen molar-refractivity contribution >= 4 is 46.5 Å². The number of carboxylic acids is 2. The second-order valence-corrected chi connectivity index (χ2v) is 8.07. The highest BCUT2D eigenvalue weighted by molar-refractivity contribution is 6.31. The van der Waals surface area contributed by atoms with Crippen molar-refractivity contribution in [1.82, 2.24) is 0 Å². The van der Waals surface area contributed by atoms with E-state index in [4.69, 9.17) is 23.2 Å². The van der Waals surface area contributed by atoms with Gasteiger partial charge in [-0.25, -0.2) is 0 Å². The van der Waals surface area contributed by atoms with Crippen LogP contribution in [0.15, 0.2) is 95.2 Å². The number of azo groups is 1. The van der Waals surface area contributed by atoms with Crippen LogP contribution in [0.2, 0.25) is 10.0 Å². The standard InChI is InChI=1S/C26H16Cl2N2O4/c27-17-7-1-5-15(13-17)19-9-3-11-21(25(31)32)23(19)29-30-24-20(10-4-12-22(24)26(33)34)16-6-2-8-18(28)14-16/h1-14H,(H,31,32)(H,33,34)/p-2. The first-order valence-corrected chi connectivity index (χ1v) is 10.7. The number of carboxylic acid groups (broad SMARTS) is 2. The summed E-state index contributed by atoms with van der Waals surface area (Å²) in [6.45, 7) is 0. The van der Waals surface area contributed by atoms with E-state index < -0.39 is 11.9 Å². The number of benzene rings is 4. The largest absolute Gasteiger partial charge is 0.545 e. The number of carbonyl (C=O) groups excluding carboxylic acids is 2. The Morgan fingerprint density at radius 2 is 0.971 bits per heavy atom. The molecule has 0 amide bonds. The minimum Gasteiger partial charge on any atom is -0.545 e. The van der Waals surface area contributed by atoms with E-state index in [9.17, 15) is 19.8 Å². The Balaban J connectivity index is 1.94. The average molecular weight is 489 g/mol. The second-order valence-electron chi connectivity index (χ2n) is 7.20. The van der Waals surface area contributed by atoms with Gasteiger partial charge in [0.1, 0.15) is 11.4 Å². The maximum Gasteiger partial charge on any atom is 0.103 e. The van der Waals surface area contributed by atoms with E-state index in [0.717, 1.165) is 0 Å². The lowest BCUT2D eigenvalue weighted by Gasteiger charge is -2.14. The van der Waals surface area contributed by atoms with Gasteiger partial charge in [0.15, 0.2) is 0 Å². The number of aromatic carboxylic acids is 2. The molecule has 0 aliphatic heterocycles. The van der Waals surface area contributed by atoms with E-state index in [0.29, 0.717) is 32.3 Å². The molecule has 8 heteroatoms. The highest BCUT2D eigenvalue weighted by atomic mass is 35.5. The third kappa shape index (κ3) is 4.83. The molecule has 0 saturated carbocycles. The average Bonchev–Trinajstić information content (AvgIpc) is 2.82. The molecule has 0 unspecified atom stereocenters. The molecule has 4 rings (SSSR count). The van der Waals surface area contributed by atoms with Crippen molar-refractivity contribution in [2.45, 2.75) is 0 Å². The van der Waals surface area contributed by atoms with Gasteiger partial charge in [0.2, 0.25) is 0 Å². The first kappa shape index (κ1) is 23.2. The van der Waals surface area contributed by atoms with Crippen LogP contribution in [0.3, 0.4) is 0 Å². The predicted octanol–water partition coefficient (Wildman–Crippen LogP) is 5.47. The molecule has 4 aromatic rings. The summed E-state index contributed by atoms with van der Waals surface area (Å²) in [6.07, 6.45) is 0. The third-order valence-electron chi connectivity index (χ3n) is 5.03. The summed E-state index contributed by atoms with van der Waals surface area (Å²) in [6, 6.07) is 22.7. The van der Waals surface area contributed by atoms with Crippen molar-refractivity contribution in [3.63, 3.8) is 0 Å². The van der Waals surface area contributed by atoms with Crippen molar-refractivity contribution in [2.75, 3.05) is 0 Å². The molecule has 0 atom stereocenters. The van der Waals surface area contributed by atoms with Gasteiger partial charge < -0.3 is 19.8 Å². The van der Waals surface area contributed by atoms with Gasteiger partial charge >= 0.3 is 0 Å². The van der Waals surface area contributed by atoms with Crippen molar-refractivity contribution < 1.29 is 19.8 Å². The fourth-order valence-electron chi connectivity index (χ4n) is 3.51. The fourth-order valence-corrected chi connectivity index (χ4v) is 3.89. The summed E-state index contributed by atoms with van der Waals surface area (Å²) in [5.74, 6) is -2.91. The lowest BCUT2D eigenvalue weighted by molar-refractivity contribution is -0.256. The van der Waals surface area contributed by atoms with E-state index in [2.05, 4.69) is 10.2 Å². The van der Waals surface area contributed by atoms with Gasteiger partial charge in [-0.15, -0.1) is 10.2 Å². The number of halogens is 2. The molecule has 6 nitrogen and oxygen atoms in total. The summed E-state index contributed by atoms with van der Waals surface area (Å²) >= 11 is 12.2. The van der Waals surface area contributed by atoms with Crippen molar-refractivity contribution in [3.8, 4) is 22.3 Å². The summed E-state index contributed by atoms with van der Waals surface area (Å²) < 4.78 is 0. The number of hydrogen-bond acceptors (Lipinski definition) is 6. The molecule has 0 bridgehead atoms. The molecule has 0 radical (unpaired) electrons. The highest BCUT2D eigenvalue weighted by Crippen LogP contribution is 2.39. The quantitative estimate of drug-likeness (QED) is 0.335. The lowest BCUT2D eigenvalue weighted by atomic mass is 10.00. The van der Waals surface area contributed by atoms with Gasteiger partial charge in [-0.2, -0.15) is 0 Å². The molecule has 0 N–H and O–H groups in total. The smallest absolute Gasteiger partial charge is 0.103 e. The van der Waals surface area contributed by atoms with Gasteiger partial charge in [0, 0.05) is 32.3 Å². The van der Waals surface area contributed by atoms with Crippen LogP contribution in [-0.2, 0) is 0 Å². The van der Waals surface area contributed by atoms with Crippen molar-refractivity contribution in [2.24, 2.45) is 10.2 Å². The maximum atomic E-state index is 11.8. The zero-order valence-corrected chi connectivity index (χ0v) is 18.9. The molecule has 34 heavy (non-hydrogen) atoms. The number of hydrogen-bond donors (Lipinski definition) is 0. The van der Waals surface area contributed by atoms with E-state index in [1.165, 1.54) is 12.1 Å². The topological polar surface area (TPSA) is 105 Å². The maximum absolute atomic E-state index is 11.8. The molecule has 0 spiro atoms. The fraction of sp³-hybridized carbons (Fsp3) is 0. The van der Waals surface area contributed by atoms with Crippen LogP contribution >= 0.6 is 23.2 Å². The third-order valence-corrected chi connectivity index (χ3v) is 5.50. The summed E-state index contributed by atoms with van der Waals surface area (Å²) in [4.78, 5) is 23.7. The first-order valence-electron chi connectivity index (χ1n) is 9.97. The molecular formula is C26H14Cl2N2O4-2. The molecule has 0 fully saturated rings. The molecule has 0 heterocycles. The molecule has 4 aromatic carbocycles. The summed E-state index contributed by atoms with van der Waals surface area (Å²) in [7, 11) is 0. The van der Waals surface area contributed by atoms with Gasteiger partial charge in [-0.3, -0.25) is 0 Å².